The average molecular weight is 305 g/mol. The molecular formula is C16H17ClN2O2. The standard InChI is InChI=1S/C16H17ClN2O2/c1-2-3-12-9-18-15(19-10-12)13-6-4-11(5-7-13)8-14(17)16(20)21/h4-7,9-10,14H,2-3,8H2,1H3,(H,20,21)/t14-/m1/s1. The quantitative estimate of drug-likeness (QED) is 0.831. The van der Waals surface area contributed by atoms with Gasteiger partial charge in [0.25, 0.3) is 0 Å². The number of aryl methyl sites for hydroxylation is 1. The van der Waals surface area contributed by atoms with E-state index < -0.39 is 11.3 Å². The third-order valence-electron chi connectivity index (χ3n) is 3.14. The molecule has 2 aromatic rings. The molecular weight excluding hydrogens is 288 g/mol. The number of carboxylic acids is 1. The predicted molar refractivity (Wildman–Crippen MR) is 82.4 cm³/mol. The molecule has 21 heavy (non-hydrogen) atoms. The van der Waals surface area contributed by atoms with Gasteiger partial charge in [0.15, 0.2) is 5.82 Å². The Labute approximate surface area is 128 Å². The van der Waals surface area contributed by atoms with E-state index in [1.807, 2.05) is 36.7 Å². The minimum absolute atomic E-state index is 0.299. The minimum atomic E-state index is -1.00. The highest BCUT2D eigenvalue weighted by atomic mass is 35.5. The average Bonchev–Trinajstić information content (AvgIpc) is 2.49. The van der Waals surface area contributed by atoms with Crippen LogP contribution in [-0.4, -0.2) is 26.4 Å². The second-order valence-corrected chi connectivity index (χ2v) is 5.40. The van der Waals surface area contributed by atoms with Gasteiger partial charge in [-0.05, 0) is 24.0 Å². The first-order chi connectivity index (χ1) is 10.1. The SMILES string of the molecule is CCCc1cnc(-c2ccc(C[C@@H](Cl)C(=O)O)cc2)nc1. The summed E-state index contributed by atoms with van der Waals surface area (Å²) < 4.78 is 0. The summed E-state index contributed by atoms with van der Waals surface area (Å²) in [6.45, 7) is 2.12. The first-order valence-corrected chi connectivity index (χ1v) is 7.31. The monoisotopic (exact) mass is 304 g/mol. The minimum Gasteiger partial charge on any atom is -0.480 e. The predicted octanol–water partition coefficient (Wildman–Crippen LogP) is 3.33. The van der Waals surface area contributed by atoms with Gasteiger partial charge in [-0.15, -0.1) is 11.6 Å². The zero-order valence-electron chi connectivity index (χ0n) is 11.8. The van der Waals surface area contributed by atoms with Crippen molar-refractivity contribution in [3.8, 4) is 11.4 Å². The number of carbonyl (C=O) groups is 1. The number of hydrogen-bond donors (Lipinski definition) is 1. The lowest BCUT2D eigenvalue weighted by atomic mass is 10.1. The number of alkyl halides is 1. The first kappa shape index (κ1) is 15.4. The number of aliphatic carboxylic acids is 1. The van der Waals surface area contributed by atoms with Crippen molar-refractivity contribution in [1.82, 2.24) is 9.97 Å². The largest absolute Gasteiger partial charge is 0.480 e. The Kier molecular flexibility index (Phi) is 5.28. The van der Waals surface area contributed by atoms with Crippen molar-refractivity contribution in [1.29, 1.82) is 0 Å². The second-order valence-electron chi connectivity index (χ2n) is 4.87. The molecule has 1 aromatic heterocycles. The van der Waals surface area contributed by atoms with Crippen LogP contribution in [0.4, 0.5) is 0 Å². The van der Waals surface area contributed by atoms with Gasteiger partial charge in [-0.3, -0.25) is 4.79 Å². The van der Waals surface area contributed by atoms with E-state index in [1.165, 1.54) is 0 Å². The summed E-state index contributed by atoms with van der Waals surface area (Å²) in [5, 5.41) is 7.89. The molecule has 0 saturated heterocycles. The molecule has 0 spiro atoms. The molecule has 0 aliphatic heterocycles. The van der Waals surface area contributed by atoms with E-state index in [4.69, 9.17) is 16.7 Å². The highest BCUT2D eigenvalue weighted by Crippen LogP contribution is 2.17. The lowest BCUT2D eigenvalue weighted by Crippen LogP contribution is -2.15. The Morgan fingerprint density at radius 2 is 1.81 bits per heavy atom. The fraction of sp³-hybridized carbons (Fsp3) is 0.312. The molecule has 110 valence electrons. The summed E-state index contributed by atoms with van der Waals surface area (Å²) in [5.74, 6) is -0.336. The van der Waals surface area contributed by atoms with E-state index in [0.717, 1.165) is 29.5 Å². The third kappa shape index (κ3) is 4.26. The molecule has 2 rings (SSSR count). The van der Waals surface area contributed by atoms with Crippen molar-refractivity contribution >= 4 is 17.6 Å². The van der Waals surface area contributed by atoms with Crippen LogP contribution >= 0.6 is 11.6 Å². The van der Waals surface area contributed by atoms with Crippen molar-refractivity contribution in [2.75, 3.05) is 0 Å². The Balaban J connectivity index is 2.09. The number of carboxylic acid groups (broad SMARTS) is 1. The van der Waals surface area contributed by atoms with E-state index in [-0.39, 0.29) is 0 Å². The molecule has 1 aromatic carbocycles. The van der Waals surface area contributed by atoms with E-state index in [2.05, 4.69) is 16.9 Å². The molecule has 5 heteroatoms. The molecule has 0 saturated carbocycles. The van der Waals surface area contributed by atoms with Crippen LogP contribution in [0.5, 0.6) is 0 Å². The van der Waals surface area contributed by atoms with Crippen LogP contribution in [0.15, 0.2) is 36.7 Å². The van der Waals surface area contributed by atoms with Gasteiger partial charge in [0.1, 0.15) is 5.38 Å². The van der Waals surface area contributed by atoms with Gasteiger partial charge < -0.3 is 5.11 Å². The maximum atomic E-state index is 10.7. The van der Waals surface area contributed by atoms with Crippen molar-refractivity contribution in [2.24, 2.45) is 0 Å². The second kappa shape index (κ2) is 7.18. The molecule has 1 N–H and O–H groups in total. The highest BCUT2D eigenvalue weighted by Gasteiger charge is 2.14. The highest BCUT2D eigenvalue weighted by molar-refractivity contribution is 6.29. The zero-order valence-corrected chi connectivity index (χ0v) is 12.5. The number of halogens is 1. The van der Waals surface area contributed by atoms with Crippen LogP contribution in [0.3, 0.4) is 0 Å². The van der Waals surface area contributed by atoms with Crippen LogP contribution < -0.4 is 0 Å². The van der Waals surface area contributed by atoms with E-state index in [9.17, 15) is 4.79 Å². The van der Waals surface area contributed by atoms with Gasteiger partial charge in [-0.2, -0.15) is 0 Å². The summed E-state index contributed by atoms with van der Waals surface area (Å²) in [4.78, 5) is 19.4. The number of nitrogens with zero attached hydrogens (tertiary/aromatic N) is 2. The maximum Gasteiger partial charge on any atom is 0.321 e. The van der Waals surface area contributed by atoms with Gasteiger partial charge in [0.05, 0.1) is 0 Å². The number of aromatic nitrogens is 2. The van der Waals surface area contributed by atoms with Crippen molar-refractivity contribution in [3.63, 3.8) is 0 Å². The molecule has 0 unspecified atom stereocenters. The number of hydrogen-bond acceptors (Lipinski definition) is 3. The fourth-order valence-corrected chi connectivity index (χ4v) is 2.18. The molecule has 0 bridgehead atoms. The van der Waals surface area contributed by atoms with Crippen LogP contribution in [0.25, 0.3) is 11.4 Å². The number of benzene rings is 1. The van der Waals surface area contributed by atoms with E-state index in [0.29, 0.717) is 12.2 Å². The summed E-state index contributed by atoms with van der Waals surface area (Å²) in [5.41, 5.74) is 2.91. The van der Waals surface area contributed by atoms with Crippen LogP contribution in [-0.2, 0) is 17.6 Å². The fourth-order valence-electron chi connectivity index (χ4n) is 2.01. The first-order valence-electron chi connectivity index (χ1n) is 6.87. The maximum absolute atomic E-state index is 10.7. The number of rotatable bonds is 6. The molecule has 4 nitrogen and oxygen atoms in total. The molecule has 1 atom stereocenters. The smallest absolute Gasteiger partial charge is 0.321 e. The van der Waals surface area contributed by atoms with Gasteiger partial charge in [0, 0.05) is 18.0 Å². The molecule has 0 amide bonds. The van der Waals surface area contributed by atoms with Gasteiger partial charge in [-0.25, -0.2) is 9.97 Å². The zero-order chi connectivity index (χ0) is 15.2. The van der Waals surface area contributed by atoms with Crippen molar-refractivity contribution in [2.45, 2.75) is 31.6 Å². The lowest BCUT2D eigenvalue weighted by molar-refractivity contribution is -0.136. The summed E-state index contributed by atoms with van der Waals surface area (Å²) in [7, 11) is 0. The Bertz CT molecular complexity index is 597. The normalized spacial score (nSPS) is 12.1. The molecule has 0 aliphatic rings. The Hall–Kier alpha value is -1.94. The molecule has 0 fully saturated rings. The molecule has 0 radical (unpaired) electrons. The molecule has 1 heterocycles. The summed E-state index contributed by atoms with van der Waals surface area (Å²) in [6, 6.07) is 7.49. The van der Waals surface area contributed by atoms with Crippen molar-refractivity contribution in [3.05, 3.63) is 47.8 Å². The van der Waals surface area contributed by atoms with Gasteiger partial charge in [-0.1, -0.05) is 37.6 Å². The van der Waals surface area contributed by atoms with Crippen LogP contribution in [0.1, 0.15) is 24.5 Å². The third-order valence-corrected chi connectivity index (χ3v) is 3.48. The summed E-state index contributed by atoms with van der Waals surface area (Å²) >= 11 is 5.73. The Morgan fingerprint density at radius 3 is 2.33 bits per heavy atom. The van der Waals surface area contributed by atoms with Gasteiger partial charge in [0.2, 0.25) is 0 Å². The van der Waals surface area contributed by atoms with E-state index >= 15 is 0 Å². The van der Waals surface area contributed by atoms with E-state index in [1.54, 1.807) is 0 Å². The van der Waals surface area contributed by atoms with Gasteiger partial charge >= 0.3 is 5.97 Å². The Morgan fingerprint density at radius 1 is 1.19 bits per heavy atom. The molecule has 0 aliphatic carbocycles. The summed E-state index contributed by atoms with van der Waals surface area (Å²) in [6.07, 6.45) is 6.04. The van der Waals surface area contributed by atoms with Crippen LogP contribution in [0.2, 0.25) is 0 Å². The van der Waals surface area contributed by atoms with Crippen molar-refractivity contribution < 1.29 is 9.90 Å². The van der Waals surface area contributed by atoms with Crippen LogP contribution in [0, 0.1) is 0 Å². The topological polar surface area (TPSA) is 63.1 Å². The lowest BCUT2D eigenvalue weighted by Gasteiger charge is -2.06.